The number of amides is 2. The summed E-state index contributed by atoms with van der Waals surface area (Å²) in [6, 6.07) is 10.7. The van der Waals surface area contributed by atoms with E-state index in [1.54, 1.807) is 24.3 Å². The number of nitrogens with zero attached hydrogens (tertiary/aromatic N) is 5. The van der Waals surface area contributed by atoms with Gasteiger partial charge in [0.15, 0.2) is 11.6 Å². The summed E-state index contributed by atoms with van der Waals surface area (Å²) in [4.78, 5) is 51.4. The number of rotatable bonds is 9. The molecule has 2 bridgehead atoms. The maximum absolute atomic E-state index is 13.7. The number of esters is 1. The molecule has 2 amide bonds. The van der Waals surface area contributed by atoms with Crippen LogP contribution in [0.1, 0.15) is 82.5 Å². The fourth-order valence-electron chi connectivity index (χ4n) is 9.22. The number of carbonyl (C=O) groups is 3. The number of carbonyl (C=O) groups excluding carboxylic acids is 3. The quantitative estimate of drug-likeness (QED) is 0.173. The second-order valence-electron chi connectivity index (χ2n) is 15.2. The smallest absolute Gasteiger partial charge is 0.311 e. The van der Waals surface area contributed by atoms with Gasteiger partial charge in [-0.3, -0.25) is 19.3 Å². The molecule has 2 fully saturated rings. The van der Waals surface area contributed by atoms with Crippen LogP contribution in [0.3, 0.4) is 0 Å². The predicted octanol–water partition coefficient (Wildman–Crippen LogP) is 6.15. The topological polar surface area (TPSA) is 135 Å². The minimum atomic E-state index is -0.359. The molecule has 0 saturated heterocycles. The molecule has 0 unspecified atom stereocenters. The first-order chi connectivity index (χ1) is 25.5. The number of imidazole rings is 2. The molecule has 0 atom stereocenters. The van der Waals surface area contributed by atoms with E-state index >= 15 is 0 Å². The molecule has 278 valence electrons. The van der Waals surface area contributed by atoms with Crippen LogP contribution in [0.15, 0.2) is 36.4 Å². The summed E-state index contributed by atoms with van der Waals surface area (Å²) in [5.74, 6) is -0.119. The molecule has 4 aromatic rings. The van der Waals surface area contributed by atoms with E-state index in [1.165, 1.54) is 7.11 Å². The van der Waals surface area contributed by atoms with Crippen molar-refractivity contribution in [3.8, 4) is 11.1 Å². The number of aromatic nitrogens is 4. The number of nitrogens with one attached hydrogen (secondary N) is 3. The first-order valence-electron chi connectivity index (χ1n) is 18.3. The van der Waals surface area contributed by atoms with Gasteiger partial charge in [0.2, 0.25) is 0 Å². The minimum Gasteiger partial charge on any atom is -0.469 e. The van der Waals surface area contributed by atoms with Crippen LogP contribution in [0.5, 0.6) is 0 Å². The molecule has 14 heteroatoms. The second kappa shape index (κ2) is 13.9. The number of anilines is 2. The lowest BCUT2D eigenvalue weighted by atomic mass is 9.80. The first-order valence-corrected chi connectivity index (χ1v) is 19.1. The van der Waals surface area contributed by atoms with Gasteiger partial charge in [-0.05, 0) is 62.6 Å². The third-order valence-corrected chi connectivity index (χ3v) is 13.0. The average Bonchev–Trinajstić information content (AvgIpc) is 3.92. The van der Waals surface area contributed by atoms with Crippen LogP contribution in [-0.4, -0.2) is 68.5 Å². The van der Waals surface area contributed by atoms with Crippen molar-refractivity contribution in [1.82, 2.24) is 29.3 Å². The van der Waals surface area contributed by atoms with Gasteiger partial charge in [-0.25, -0.2) is 9.97 Å². The highest BCUT2D eigenvalue weighted by atomic mass is 35.5. The van der Waals surface area contributed by atoms with E-state index in [4.69, 9.17) is 32.9 Å². The Kier molecular flexibility index (Phi) is 9.37. The van der Waals surface area contributed by atoms with Gasteiger partial charge in [-0.1, -0.05) is 47.5 Å². The van der Waals surface area contributed by atoms with Gasteiger partial charge < -0.3 is 29.8 Å². The summed E-state index contributed by atoms with van der Waals surface area (Å²) in [5, 5.41) is 9.82. The number of methoxy groups -OCH3 is 1. The molecule has 2 aliphatic carbocycles. The van der Waals surface area contributed by atoms with E-state index in [-0.39, 0.29) is 28.6 Å². The minimum absolute atomic E-state index is 0.0389. The maximum Gasteiger partial charge on any atom is 0.311 e. The van der Waals surface area contributed by atoms with Crippen molar-refractivity contribution >= 4 is 52.4 Å². The lowest BCUT2D eigenvalue weighted by molar-refractivity contribution is -0.152. The molecular formula is C39H44Cl2N8O4. The van der Waals surface area contributed by atoms with Crippen LogP contribution >= 0.6 is 23.2 Å². The van der Waals surface area contributed by atoms with E-state index in [2.05, 4.69) is 25.8 Å². The Bertz CT molecular complexity index is 2130. The summed E-state index contributed by atoms with van der Waals surface area (Å²) in [6.07, 6.45) is 7.61. The molecule has 2 saturated carbocycles. The molecule has 2 aromatic heterocycles. The van der Waals surface area contributed by atoms with E-state index in [0.29, 0.717) is 57.3 Å². The molecule has 53 heavy (non-hydrogen) atoms. The van der Waals surface area contributed by atoms with E-state index in [1.807, 2.05) is 35.4 Å². The highest BCUT2D eigenvalue weighted by Crippen LogP contribution is 2.63. The van der Waals surface area contributed by atoms with Gasteiger partial charge in [0.05, 0.1) is 45.3 Å². The third kappa shape index (κ3) is 6.33. The molecule has 0 spiro atoms. The maximum atomic E-state index is 13.7. The second-order valence-corrected chi connectivity index (χ2v) is 15.9. The Labute approximate surface area is 318 Å². The zero-order valence-corrected chi connectivity index (χ0v) is 31.8. The highest BCUT2D eigenvalue weighted by molar-refractivity contribution is 6.40. The number of fused-ring (bicyclic) bond motifs is 4. The SMILES string of the molecule is COC(=O)C12CCC(CCN3CCc4c(nc(C(=O)Nc5cccc(-c6cccc(NC(=O)c7nc8c(n7C)CCNC8)c6Cl)c5Cl)n4C)C3)(CC1)C2. The van der Waals surface area contributed by atoms with Crippen molar-refractivity contribution in [3.05, 3.63) is 80.9 Å². The molecule has 4 heterocycles. The van der Waals surface area contributed by atoms with Crippen molar-refractivity contribution < 1.29 is 19.1 Å². The van der Waals surface area contributed by atoms with Gasteiger partial charge in [-0.2, -0.15) is 0 Å². The highest BCUT2D eigenvalue weighted by Gasteiger charge is 2.58. The predicted molar refractivity (Wildman–Crippen MR) is 203 cm³/mol. The van der Waals surface area contributed by atoms with Crippen molar-refractivity contribution in [2.24, 2.45) is 24.9 Å². The Morgan fingerprint density at radius 3 is 2.02 bits per heavy atom. The van der Waals surface area contributed by atoms with Crippen LogP contribution in [0.25, 0.3) is 11.1 Å². The number of ether oxygens (including phenoxy) is 1. The number of hydrogen-bond acceptors (Lipinski definition) is 8. The average molecular weight is 760 g/mol. The van der Waals surface area contributed by atoms with E-state index in [9.17, 15) is 14.4 Å². The van der Waals surface area contributed by atoms with E-state index < -0.39 is 0 Å². The Hall–Kier alpha value is -4.23. The number of halogens is 2. The molecule has 3 N–H and O–H groups in total. The van der Waals surface area contributed by atoms with Crippen molar-refractivity contribution in [2.75, 3.05) is 37.4 Å². The summed E-state index contributed by atoms with van der Waals surface area (Å²) in [6.45, 7) is 3.97. The van der Waals surface area contributed by atoms with E-state index in [0.717, 1.165) is 93.8 Å². The molecule has 2 aliphatic heterocycles. The number of benzene rings is 2. The lowest BCUT2D eigenvalue weighted by Crippen LogP contribution is -2.34. The van der Waals surface area contributed by atoms with Crippen LogP contribution < -0.4 is 16.0 Å². The van der Waals surface area contributed by atoms with Crippen molar-refractivity contribution in [3.63, 3.8) is 0 Å². The fraction of sp³-hybridized carbons (Fsp3) is 0.462. The largest absolute Gasteiger partial charge is 0.469 e. The molecule has 0 radical (unpaired) electrons. The van der Waals surface area contributed by atoms with Gasteiger partial charge in [-0.15, -0.1) is 0 Å². The first kappa shape index (κ1) is 35.8. The normalized spacial score (nSPS) is 22.0. The molecule has 8 rings (SSSR count). The standard InChI is InChI=1S/C39H44Cl2N8O4/c1-47-29-10-17-42-20-27(29)43-33(47)35(50)45-25-8-4-6-23(31(25)40)24-7-5-9-26(32(24)41)46-36(51)34-44-28-21-49(18-11-30(28)48(34)2)19-16-38-12-14-39(22-38,15-13-38)37(52)53-3/h4-9,42H,10-22H2,1-3H3,(H,45,50)(H,46,51). The lowest BCUT2D eigenvalue weighted by Gasteiger charge is -2.32. The molecular weight excluding hydrogens is 715 g/mol. The zero-order valence-electron chi connectivity index (χ0n) is 30.3. The van der Waals surface area contributed by atoms with Gasteiger partial charge in [0.25, 0.3) is 11.8 Å². The Balaban J connectivity index is 0.944. The summed E-state index contributed by atoms with van der Waals surface area (Å²) < 4.78 is 8.88. The molecule has 4 aliphatic rings. The Morgan fingerprint density at radius 2 is 1.43 bits per heavy atom. The van der Waals surface area contributed by atoms with Gasteiger partial charge in [0, 0.05) is 75.6 Å². The number of hydrogen-bond donors (Lipinski definition) is 3. The van der Waals surface area contributed by atoms with Gasteiger partial charge in [0.1, 0.15) is 0 Å². The van der Waals surface area contributed by atoms with Gasteiger partial charge >= 0.3 is 5.97 Å². The van der Waals surface area contributed by atoms with Crippen molar-refractivity contribution in [1.29, 1.82) is 0 Å². The van der Waals surface area contributed by atoms with Crippen molar-refractivity contribution in [2.45, 2.75) is 64.5 Å². The van der Waals surface area contributed by atoms with Crippen LogP contribution in [0.2, 0.25) is 10.0 Å². The fourth-order valence-corrected chi connectivity index (χ4v) is 9.77. The monoisotopic (exact) mass is 758 g/mol. The molecule has 2 aromatic carbocycles. The summed E-state index contributed by atoms with van der Waals surface area (Å²) >= 11 is 13.8. The summed E-state index contributed by atoms with van der Waals surface area (Å²) in [5.41, 5.74) is 5.89. The zero-order chi connectivity index (χ0) is 37.1. The van der Waals surface area contributed by atoms with Crippen LogP contribution in [-0.2, 0) is 49.6 Å². The van der Waals surface area contributed by atoms with Crippen LogP contribution in [0, 0.1) is 10.8 Å². The molecule has 12 nitrogen and oxygen atoms in total. The summed E-state index contributed by atoms with van der Waals surface area (Å²) in [7, 11) is 5.23. The van der Waals surface area contributed by atoms with Crippen LogP contribution in [0.4, 0.5) is 11.4 Å². The Morgan fingerprint density at radius 1 is 0.849 bits per heavy atom. The third-order valence-electron chi connectivity index (χ3n) is 12.2.